The number of carbonyl (C=O) groups is 2. The van der Waals surface area contributed by atoms with E-state index >= 15 is 0 Å². The molecule has 2 amide bonds. The largest absolute Gasteiger partial charge is 0.370 e. The summed E-state index contributed by atoms with van der Waals surface area (Å²) in [4.78, 5) is 22.5. The number of carbonyl (C=O) groups excluding carboxylic acids is 2. The van der Waals surface area contributed by atoms with E-state index in [4.69, 9.17) is 5.73 Å². The second kappa shape index (κ2) is 5.29. The van der Waals surface area contributed by atoms with Crippen LogP contribution >= 0.6 is 0 Å². The Kier molecular flexibility index (Phi) is 4.18. The van der Waals surface area contributed by atoms with Gasteiger partial charge in [-0.25, -0.2) is 13.2 Å². The molecular weight excluding hydrogens is 261 g/mol. The van der Waals surface area contributed by atoms with Crippen LogP contribution in [0.15, 0.2) is 12.1 Å². The number of rotatable bonds is 4. The van der Waals surface area contributed by atoms with Crippen molar-refractivity contribution in [2.24, 2.45) is 5.73 Å². The molecule has 0 atom stereocenters. The van der Waals surface area contributed by atoms with Crippen LogP contribution in [0.5, 0.6) is 0 Å². The molecule has 1 aromatic rings. The van der Waals surface area contributed by atoms with Crippen LogP contribution in [0, 0.1) is 17.5 Å². The number of nitrogens with two attached hydrogens (primary N) is 1. The van der Waals surface area contributed by atoms with Crippen LogP contribution < -0.4 is 11.1 Å². The molecule has 0 saturated carbocycles. The Balaban J connectivity index is 2.93. The monoisotopic (exact) mass is 274 g/mol. The first-order valence-electron chi connectivity index (χ1n) is 5.38. The van der Waals surface area contributed by atoms with Gasteiger partial charge in [-0.3, -0.25) is 9.59 Å². The van der Waals surface area contributed by atoms with E-state index < -0.39 is 34.8 Å². The highest BCUT2D eigenvalue weighted by Crippen LogP contribution is 2.15. The maximum absolute atomic E-state index is 13.0. The Morgan fingerprint density at radius 1 is 1.21 bits per heavy atom. The lowest BCUT2D eigenvalue weighted by atomic mass is 9.99. The molecule has 3 N–H and O–H groups in total. The number of hydrogen-bond donors (Lipinski definition) is 2. The summed E-state index contributed by atoms with van der Waals surface area (Å²) in [7, 11) is 0. The first-order valence-corrected chi connectivity index (χ1v) is 5.38. The van der Waals surface area contributed by atoms with Gasteiger partial charge >= 0.3 is 0 Å². The van der Waals surface area contributed by atoms with Crippen molar-refractivity contribution in [2.45, 2.75) is 25.8 Å². The summed E-state index contributed by atoms with van der Waals surface area (Å²) in [6.45, 7) is 3.04. The molecular formula is C12H13F3N2O2. The van der Waals surface area contributed by atoms with Crippen LogP contribution in [0.4, 0.5) is 13.2 Å². The van der Waals surface area contributed by atoms with Gasteiger partial charge in [0, 0.05) is 17.5 Å². The molecule has 0 unspecified atom stereocenters. The summed E-state index contributed by atoms with van der Waals surface area (Å²) in [6, 6.07) is 1.15. The minimum absolute atomic E-state index is 0.148. The van der Waals surface area contributed by atoms with Crippen molar-refractivity contribution >= 4 is 11.8 Å². The van der Waals surface area contributed by atoms with E-state index in [-0.39, 0.29) is 12.0 Å². The van der Waals surface area contributed by atoms with Gasteiger partial charge in [0.25, 0.3) is 5.91 Å². The average Bonchev–Trinajstić information content (AvgIpc) is 2.22. The maximum Gasteiger partial charge on any atom is 0.251 e. The minimum atomic E-state index is -1.65. The molecule has 0 bridgehead atoms. The first-order chi connectivity index (χ1) is 8.62. The third-order valence-corrected chi connectivity index (χ3v) is 2.31. The van der Waals surface area contributed by atoms with Crippen molar-refractivity contribution in [3.63, 3.8) is 0 Å². The number of benzene rings is 1. The molecule has 0 saturated heterocycles. The first kappa shape index (κ1) is 15.0. The molecule has 0 aliphatic rings. The second-order valence-corrected chi connectivity index (χ2v) is 4.73. The Labute approximate surface area is 107 Å². The molecule has 4 nitrogen and oxygen atoms in total. The van der Waals surface area contributed by atoms with Gasteiger partial charge in [-0.05, 0) is 26.0 Å². The van der Waals surface area contributed by atoms with Crippen molar-refractivity contribution in [3.05, 3.63) is 35.1 Å². The van der Waals surface area contributed by atoms with Gasteiger partial charge in [0.1, 0.15) is 0 Å². The molecule has 0 radical (unpaired) electrons. The summed E-state index contributed by atoms with van der Waals surface area (Å²) >= 11 is 0. The fourth-order valence-electron chi connectivity index (χ4n) is 1.55. The van der Waals surface area contributed by atoms with Gasteiger partial charge in [0.15, 0.2) is 17.5 Å². The van der Waals surface area contributed by atoms with Crippen molar-refractivity contribution < 1.29 is 22.8 Å². The zero-order valence-electron chi connectivity index (χ0n) is 10.4. The van der Waals surface area contributed by atoms with Crippen molar-refractivity contribution in [1.29, 1.82) is 0 Å². The summed E-state index contributed by atoms with van der Waals surface area (Å²) in [5.41, 5.74) is 3.64. The van der Waals surface area contributed by atoms with Crippen molar-refractivity contribution in [3.8, 4) is 0 Å². The fraction of sp³-hybridized carbons (Fsp3) is 0.333. The molecule has 19 heavy (non-hydrogen) atoms. The maximum atomic E-state index is 13.0. The summed E-state index contributed by atoms with van der Waals surface area (Å²) in [5.74, 6) is -6.03. The van der Waals surface area contributed by atoms with E-state index in [1.807, 2.05) is 0 Å². The number of primary amides is 1. The van der Waals surface area contributed by atoms with Crippen molar-refractivity contribution in [2.75, 3.05) is 0 Å². The smallest absolute Gasteiger partial charge is 0.251 e. The lowest BCUT2D eigenvalue weighted by Crippen LogP contribution is -2.46. The van der Waals surface area contributed by atoms with Gasteiger partial charge < -0.3 is 11.1 Å². The van der Waals surface area contributed by atoms with Gasteiger partial charge in [-0.1, -0.05) is 0 Å². The van der Waals surface area contributed by atoms with E-state index in [9.17, 15) is 22.8 Å². The molecule has 0 aliphatic heterocycles. The van der Waals surface area contributed by atoms with Crippen LogP contribution in [-0.2, 0) is 4.79 Å². The van der Waals surface area contributed by atoms with Crippen LogP contribution in [0.3, 0.4) is 0 Å². The van der Waals surface area contributed by atoms with Crippen LogP contribution in [0.25, 0.3) is 0 Å². The van der Waals surface area contributed by atoms with Gasteiger partial charge in [-0.2, -0.15) is 0 Å². The topological polar surface area (TPSA) is 72.2 Å². The molecule has 0 heterocycles. The lowest BCUT2D eigenvalue weighted by Gasteiger charge is -2.24. The molecule has 0 fully saturated rings. The van der Waals surface area contributed by atoms with E-state index in [1.54, 1.807) is 0 Å². The molecule has 1 aromatic carbocycles. The number of nitrogens with one attached hydrogen (secondary N) is 1. The predicted octanol–water partition coefficient (Wildman–Crippen LogP) is 1.49. The Hall–Kier alpha value is -2.05. The minimum Gasteiger partial charge on any atom is -0.370 e. The van der Waals surface area contributed by atoms with E-state index in [1.165, 1.54) is 13.8 Å². The Morgan fingerprint density at radius 3 is 2.11 bits per heavy atom. The van der Waals surface area contributed by atoms with E-state index in [0.29, 0.717) is 12.1 Å². The number of amides is 2. The summed E-state index contributed by atoms with van der Waals surface area (Å²) < 4.78 is 38.7. The molecule has 7 heteroatoms. The third-order valence-electron chi connectivity index (χ3n) is 2.31. The number of hydrogen-bond acceptors (Lipinski definition) is 2. The standard InChI is InChI=1S/C12H13F3N2O2/c1-12(2,5-9(16)18)17-11(19)6-3-7(13)10(15)8(14)4-6/h3-4H,5H2,1-2H3,(H2,16,18)(H,17,19). The van der Waals surface area contributed by atoms with E-state index in [0.717, 1.165) is 0 Å². The molecule has 1 rings (SSSR count). The van der Waals surface area contributed by atoms with Gasteiger partial charge in [0.05, 0.1) is 0 Å². The van der Waals surface area contributed by atoms with Gasteiger partial charge in [-0.15, -0.1) is 0 Å². The fourth-order valence-corrected chi connectivity index (χ4v) is 1.55. The highest BCUT2D eigenvalue weighted by atomic mass is 19.2. The highest BCUT2D eigenvalue weighted by Gasteiger charge is 2.24. The second-order valence-electron chi connectivity index (χ2n) is 4.73. The van der Waals surface area contributed by atoms with Crippen LogP contribution in [-0.4, -0.2) is 17.4 Å². The third kappa shape index (κ3) is 3.97. The predicted molar refractivity (Wildman–Crippen MR) is 61.7 cm³/mol. The zero-order chi connectivity index (χ0) is 14.8. The SMILES string of the molecule is CC(C)(CC(N)=O)NC(=O)c1cc(F)c(F)c(F)c1. The van der Waals surface area contributed by atoms with Crippen molar-refractivity contribution in [1.82, 2.24) is 5.32 Å². The average molecular weight is 274 g/mol. The molecule has 104 valence electrons. The van der Waals surface area contributed by atoms with Crippen LogP contribution in [0.2, 0.25) is 0 Å². The molecule has 0 aliphatic carbocycles. The highest BCUT2D eigenvalue weighted by molar-refractivity contribution is 5.95. The summed E-state index contributed by atoms with van der Waals surface area (Å²) in [6.07, 6.45) is -0.148. The lowest BCUT2D eigenvalue weighted by molar-refractivity contribution is -0.119. The molecule has 0 spiro atoms. The van der Waals surface area contributed by atoms with E-state index in [2.05, 4.69) is 5.32 Å². The molecule has 0 aromatic heterocycles. The van der Waals surface area contributed by atoms with Gasteiger partial charge in [0.2, 0.25) is 5.91 Å². The Bertz CT molecular complexity index is 507. The zero-order valence-corrected chi connectivity index (χ0v) is 10.4. The summed E-state index contributed by atoms with van der Waals surface area (Å²) in [5, 5.41) is 2.38. The number of halogens is 3. The van der Waals surface area contributed by atoms with Crippen LogP contribution in [0.1, 0.15) is 30.6 Å². The Morgan fingerprint density at radius 2 is 1.68 bits per heavy atom. The normalized spacial score (nSPS) is 11.2. The quantitative estimate of drug-likeness (QED) is 0.816.